The normalized spacial score (nSPS) is 10.5. The van der Waals surface area contributed by atoms with Crippen molar-refractivity contribution in [3.8, 4) is 0 Å². The molecule has 0 atom stereocenters. The van der Waals surface area contributed by atoms with Crippen molar-refractivity contribution in [2.45, 2.75) is 45.6 Å². The van der Waals surface area contributed by atoms with Crippen molar-refractivity contribution in [1.82, 2.24) is 4.90 Å². The van der Waals surface area contributed by atoms with E-state index in [0.29, 0.717) is 5.17 Å². The van der Waals surface area contributed by atoms with Crippen LogP contribution in [-0.2, 0) is 11.2 Å². The molecule has 0 aromatic heterocycles. The molecule has 3 heteroatoms. The van der Waals surface area contributed by atoms with Gasteiger partial charge >= 0.3 is 0 Å². The third kappa shape index (κ3) is 7.16. The van der Waals surface area contributed by atoms with E-state index in [4.69, 9.17) is 17.0 Å². The average Bonchev–Trinajstić information content (AvgIpc) is 2.38. The molecular formula is C16H25NOS. The highest BCUT2D eigenvalue weighted by Crippen LogP contribution is 2.07. The van der Waals surface area contributed by atoms with Crippen LogP contribution in [0.25, 0.3) is 0 Å². The van der Waals surface area contributed by atoms with Crippen LogP contribution in [0.2, 0.25) is 0 Å². The summed E-state index contributed by atoms with van der Waals surface area (Å²) in [6, 6.07) is 10.7. The number of hydrogen-bond acceptors (Lipinski definition) is 2. The number of hydrogen-bond donors (Lipinski definition) is 0. The van der Waals surface area contributed by atoms with Crippen molar-refractivity contribution in [2.24, 2.45) is 0 Å². The van der Waals surface area contributed by atoms with E-state index in [-0.39, 0.29) is 6.10 Å². The second-order valence-corrected chi connectivity index (χ2v) is 5.50. The largest absolute Gasteiger partial charge is 0.468 e. The molecule has 1 aromatic carbocycles. The van der Waals surface area contributed by atoms with E-state index < -0.39 is 0 Å². The van der Waals surface area contributed by atoms with Crippen LogP contribution in [0.1, 0.15) is 38.7 Å². The predicted molar refractivity (Wildman–Crippen MR) is 85.4 cm³/mol. The summed E-state index contributed by atoms with van der Waals surface area (Å²) >= 11 is 5.21. The summed E-state index contributed by atoms with van der Waals surface area (Å²) in [5, 5.41) is 0.609. The van der Waals surface area contributed by atoms with Crippen molar-refractivity contribution in [3.63, 3.8) is 0 Å². The van der Waals surface area contributed by atoms with Crippen LogP contribution in [0, 0.1) is 0 Å². The van der Waals surface area contributed by atoms with E-state index in [1.807, 2.05) is 25.8 Å². The fraction of sp³-hybridized carbons (Fsp3) is 0.562. The fourth-order valence-electron chi connectivity index (χ4n) is 1.88. The van der Waals surface area contributed by atoms with Gasteiger partial charge in [0.05, 0.1) is 6.10 Å². The number of rotatable bonds is 7. The van der Waals surface area contributed by atoms with E-state index in [9.17, 15) is 0 Å². The Morgan fingerprint density at radius 3 is 2.47 bits per heavy atom. The molecule has 0 N–H and O–H groups in total. The number of thiocarbonyl (C=S) groups is 1. The van der Waals surface area contributed by atoms with Crippen molar-refractivity contribution in [3.05, 3.63) is 35.9 Å². The van der Waals surface area contributed by atoms with Gasteiger partial charge in [-0.2, -0.15) is 0 Å². The molecule has 1 aromatic rings. The molecule has 0 saturated carbocycles. The highest BCUT2D eigenvalue weighted by atomic mass is 32.1. The van der Waals surface area contributed by atoms with Crippen LogP contribution >= 0.6 is 12.2 Å². The number of benzene rings is 1. The number of nitrogens with zero attached hydrogens (tertiary/aromatic N) is 1. The molecule has 0 bridgehead atoms. The zero-order chi connectivity index (χ0) is 14.1. The van der Waals surface area contributed by atoms with Gasteiger partial charge in [0.1, 0.15) is 0 Å². The highest BCUT2D eigenvalue weighted by molar-refractivity contribution is 7.80. The first-order chi connectivity index (χ1) is 9.09. The smallest absolute Gasteiger partial charge is 0.259 e. The second-order valence-electron chi connectivity index (χ2n) is 5.15. The lowest BCUT2D eigenvalue weighted by atomic mass is 10.1. The minimum atomic E-state index is 0.160. The third-order valence-corrected chi connectivity index (χ3v) is 3.36. The van der Waals surface area contributed by atoms with E-state index in [0.717, 1.165) is 19.4 Å². The zero-order valence-electron chi connectivity index (χ0n) is 12.3. The Bertz CT molecular complexity index is 364. The molecule has 0 radical (unpaired) electrons. The summed E-state index contributed by atoms with van der Waals surface area (Å²) in [6.45, 7) is 4.97. The molecule has 106 valence electrons. The standard InChI is InChI=1S/C16H25NOS/c1-14(2)18-16(19)17(3)13-9-5-8-12-15-10-6-4-7-11-15/h4,6-7,10-11,14H,5,8-9,12-13H2,1-3H3. The monoisotopic (exact) mass is 279 g/mol. The molecule has 2 nitrogen and oxygen atoms in total. The van der Waals surface area contributed by atoms with Crippen molar-refractivity contribution >= 4 is 17.4 Å². The quantitative estimate of drug-likeness (QED) is 0.552. The molecule has 0 saturated heterocycles. The van der Waals surface area contributed by atoms with Crippen LogP contribution in [0.15, 0.2) is 30.3 Å². The van der Waals surface area contributed by atoms with Crippen LogP contribution in [0.4, 0.5) is 0 Å². The van der Waals surface area contributed by atoms with Gasteiger partial charge in [0.2, 0.25) is 0 Å². The molecule has 0 aliphatic rings. The minimum Gasteiger partial charge on any atom is -0.468 e. The van der Waals surface area contributed by atoms with Gasteiger partial charge in [-0.3, -0.25) is 0 Å². The van der Waals surface area contributed by atoms with E-state index >= 15 is 0 Å². The Balaban J connectivity index is 2.09. The SMILES string of the molecule is CC(C)OC(=S)N(C)CCCCCc1ccccc1. The van der Waals surface area contributed by atoms with Crippen LogP contribution in [0.5, 0.6) is 0 Å². The molecule has 0 aliphatic carbocycles. The molecule has 1 rings (SSSR count). The number of unbranched alkanes of at least 4 members (excludes halogenated alkanes) is 2. The molecule has 0 amide bonds. The second kappa shape index (κ2) is 8.92. The maximum absolute atomic E-state index is 5.50. The minimum absolute atomic E-state index is 0.160. The molecular weight excluding hydrogens is 254 g/mol. The van der Waals surface area contributed by atoms with Gasteiger partial charge < -0.3 is 9.64 Å². The molecule has 0 aliphatic heterocycles. The van der Waals surface area contributed by atoms with E-state index in [1.165, 1.54) is 18.4 Å². The topological polar surface area (TPSA) is 12.5 Å². The highest BCUT2D eigenvalue weighted by Gasteiger charge is 2.06. The summed E-state index contributed by atoms with van der Waals surface area (Å²) in [6.07, 6.45) is 4.94. The summed E-state index contributed by atoms with van der Waals surface area (Å²) in [5.41, 5.74) is 1.43. The lowest BCUT2D eigenvalue weighted by Crippen LogP contribution is -2.30. The van der Waals surface area contributed by atoms with Crippen molar-refractivity contribution in [2.75, 3.05) is 13.6 Å². The van der Waals surface area contributed by atoms with Gasteiger partial charge in [-0.05, 0) is 50.9 Å². The summed E-state index contributed by atoms with van der Waals surface area (Å²) in [5.74, 6) is 0. The van der Waals surface area contributed by atoms with E-state index in [2.05, 4.69) is 30.3 Å². The molecule has 0 unspecified atom stereocenters. The van der Waals surface area contributed by atoms with Gasteiger partial charge in [0.25, 0.3) is 5.17 Å². The fourth-order valence-corrected chi connectivity index (χ4v) is 2.17. The number of aryl methyl sites for hydroxylation is 1. The first-order valence-corrected chi connectivity index (χ1v) is 7.46. The summed E-state index contributed by atoms with van der Waals surface area (Å²) in [7, 11) is 2.00. The van der Waals surface area contributed by atoms with Crippen molar-refractivity contribution < 1.29 is 4.74 Å². The van der Waals surface area contributed by atoms with Crippen molar-refractivity contribution in [1.29, 1.82) is 0 Å². The summed E-state index contributed by atoms with van der Waals surface area (Å²) in [4.78, 5) is 2.03. The van der Waals surface area contributed by atoms with Gasteiger partial charge in [0.15, 0.2) is 0 Å². The van der Waals surface area contributed by atoms with Gasteiger partial charge in [-0.15, -0.1) is 0 Å². The van der Waals surface area contributed by atoms with E-state index in [1.54, 1.807) is 0 Å². The maximum atomic E-state index is 5.50. The lowest BCUT2D eigenvalue weighted by Gasteiger charge is -2.21. The Kier molecular flexibility index (Phi) is 7.49. The van der Waals surface area contributed by atoms with Crippen LogP contribution in [-0.4, -0.2) is 29.8 Å². The number of ether oxygens (including phenoxy) is 1. The lowest BCUT2D eigenvalue weighted by molar-refractivity contribution is 0.195. The molecule has 0 heterocycles. The molecule has 19 heavy (non-hydrogen) atoms. The average molecular weight is 279 g/mol. The van der Waals surface area contributed by atoms with Crippen LogP contribution in [0.3, 0.4) is 0 Å². The third-order valence-electron chi connectivity index (χ3n) is 2.95. The van der Waals surface area contributed by atoms with Gasteiger partial charge in [0, 0.05) is 13.6 Å². The molecule has 0 spiro atoms. The summed E-state index contributed by atoms with van der Waals surface area (Å²) < 4.78 is 5.50. The zero-order valence-corrected chi connectivity index (χ0v) is 13.1. The predicted octanol–water partition coefficient (Wildman–Crippen LogP) is 4.04. The first kappa shape index (κ1) is 16.0. The van der Waals surface area contributed by atoms with Crippen LogP contribution < -0.4 is 0 Å². The first-order valence-electron chi connectivity index (χ1n) is 7.05. The van der Waals surface area contributed by atoms with Gasteiger partial charge in [-0.25, -0.2) is 0 Å². The Morgan fingerprint density at radius 2 is 1.84 bits per heavy atom. The molecule has 0 fully saturated rings. The maximum Gasteiger partial charge on any atom is 0.259 e. The Labute approximate surface area is 122 Å². The Morgan fingerprint density at radius 1 is 1.16 bits per heavy atom. The Hall–Kier alpha value is -1.09. The van der Waals surface area contributed by atoms with Gasteiger partial charge in [-0.1, -0.05) is 36.8 Å².